The van der Waals surface area contributed by atoms with Crippen molar-refractivity contribution in [2.45, 2.75) is 6.92 Å². The van der Waals surface area contributed by atoms with Gasteiger partial charge in [-0.3, -0.25) is 4.79 Å². The number of halogens is 1. The number of anilines is 1. The van der Waals surface area contributed by atoms with E-state index in [0.717, 1.165) is 8.45 Å². The Morgan fingerprint density at radius 1 is 1.25 bits per heavy atom. The van der Waals surface area contributed by atoms with E-state index in [2.05, 4.69) is 27.9 Å². The van der Waals surface area contributed by atoms with Gasteiger partial charge in [0.05, 0.1) is 18.2 Å². The van der Waals surface area contributed by atoms with Gasteiger partial charge in [-0.25, -0.2) is 4.79 Å². The lowest BCUT2D eigenvalue weighted by molar-refractivity contribution is 0.0602. The summed E-state index contributed by atoms with van der Waals surface area (Å²) in [5.41, 5.74) is 0.962. The monoisotopic (exact) mass is 401 g/mol. The SMILES string of the molecule is COC(=O)c1cc(C)sc1NC(=O)c1ccccc1I. The van der Waals surface area contributed by atoms with Crippen molar-refractivity contribution in [1.29, 1.82) is 0 Å². The number of hydrogen-bond donors (Lipinski definition) is 1. The molecule has 2 aromatic rings. The van der Waals surface area contributed by atoms with Gasteiger partial charge in [-0.15, -0.1) is 11.3 Å². The van der Waals surface area contributed by atoms with Crippen molar-refractivity contribution >= 4 is 50.8 Å². The molecule has 6 heteroatoms. The summed E-state index contributed by atoms with van der Waals surface area (Å²) in [5.74, 6) is -0.686. The number of amides is 1. The first-order valence-corrected chi connectivity index (χ1v) is 7.67. The summed E-state index contributed by atoms with van der Waals surface area (Å²) >= 11 is 3.46. The molecule has 1 aromatic carbocycles. The summed E-state index contributed by atoms with van der Waals surface area (Å²) in [5, 5.41) is 3.29. The molecule has 0 bridgehead atoms. The summed E-state index contributed by atoms with van der Waals surface area (Å²) in [7, 11) is 1.32. The third-order valence-corrected chi connectivity index (χ3v) is 4.51. The fraction of sp³-hybridized carbons (Fsp3) is 0.143. The van der Waals surface area contributed by atoms with Crippen molar-refractivity contribution < 1.29 is 14.3 Å². The van der Waals surface area contributed by atoms with Crippen LogP contribution in [0.2, 0.25) is 0 Å². The molecular formula is C14H12INO3S. The van der Waals surface area contributed by atoms with E-state index >= 15 is 0 Å². The summed E-state index contributed by atoms with van der Waals surface area (Å²) in [6.07, 6.45) is 0. The van der Waals surface area contributed by atoms with Crippen LogP contribution >= 0.6 is 33.9 Å². The predicted molar refractivity (Wildman–Crippen MR) is 87.5 cm³/mol. The number of aryl methyl sites for hydroxylation is 1. The van der Waals surface area contributed by atoms with Crippen LogP contribution in [-0.4, -0.2) is 19.0 Å². The van der Waals surface area contributed by atoms with Crippen molar-refractivity contribution in [1.82, 2.24) is 0 Å². The highest BCUT2D eigenvalue weighted by molar-refractivity contribution is 14.1. The first-order chi connectivity index (χ1) is 9.52. The Kier molecular flexibility index (Phi) is 4.77. The zero-order valence-corrected chi connectivity index (χ0v) is 13.9. The van der Waals surface area contributed by atoms with Gasteiger partial charge in [-0.1, -0.05) is 12.1 Å². The number of carbonyl (C=O) groups excluding carboxylic acids is 2. The van der Waals surface area contributed by atoms with Gasteiger partial charge in [-0.05, 0) is 47.7 Å². The molecule has 1 amide bonds. The van der Waals surface area contributed by atoms with Crippen molar-refractivity contribution in [3.05, 3.63) is 49.9 Å². The first-order valence-electron chi connectivity index (χ1n) is 5.77. The Balaban J connectivity index is 2.29. The Morgan fingerprint density at radius 3 is 2.60 bits per heavy atom. The number of rotatable bonds is 3. The van der Waals surface area contributed by atoms with Gasteiger partial charge < -0.3 is 10.1 Å². The third-order valence-electron chi connectivity index (χ3n) is 2.61. The highest BCUT2D eigenvalue weighted by atomic mass is 127. The maximum atomic E-state index is 12.2. The van der Waals surface area contributed by atoms with Gasteiger partial charge in [0, 0.05) is 8.45 Å². The quantitative estimate of drug-likeness (QED) is 0.631. The molecule has 20 heavy (non-hydrogen) atoms. The lowest BCUT2D eigenvalue weighted by Gasteiger charge is -2.06. The molecule has 0 atom stereocenters. The predicted octanol–water partition coefficient (Wildman–Crippen LogP) is 3.70. The Bertz CT molecular complexity index is 666. The topological polar surface area (TPSA) is 55.4 Å². The van der Waals surface area contributed by atoms with E-state index in [-0.39, 0.29) is 5.91 Å². The van der Waals surface area contributed by atoms with E-state index in [1.54, 1.807) is 18.2 Å². The molecule has 4 nitrogen and oxygen atoms in total. The molecule has 0 fully saturated rings. The van der Waals surface area contributed by atoms with Gasteiger partial charge in [0.25, 0.3) is 5.91 Å². The van der Waals surface area contributed by atoms with Crippen molar-refractivity contribution in [2.75, 3.05) is 12.4 Å². The van der Waals surface area contributed by atoms with Crippen molar-refractivity contribution in [3.8, 4) is 0 Å². The zero-order valence-electron chi connectivity index (χ0n) is 10.9. The number of carbonyl (C=O) groups is 2. The molecule has 0 aliphatic heterocycles. The van der Waals surface area contributed by atoms with Gasteiger partial charge in [0.15, 0.2) is 0 Å². The average Bonchev–Trinajstić information content (AvgIpc) is 2.79. The largest absolute Gasteiger partial charge is 0.465 e. The van der Waals surface area contributed by atoms with E-state index in [4.69, 9.17) is 4.74 Å². The number of benzene rings is 1. The molecule has 0 unspecified atom stereocenters. The van der Waals surface area contributed by atoms with E-state index < -0.39 is 5.97 Å². The van der Waals surface area contributed by atoms with Gasteiger partial charge >= 0.3 is 5.97 Å². The van der Waals surface area contributed by atoms with E-state index in [9.17, 15) is 9.59 Å². The number of esters is 1. The third kappa shape index (κ3) is 3.18. The molecule has 1 N–H and O–H groups in total. The second-order valence-corrected chi connectivity index (χ2v) is 6.44. The molecule has 0 aliphatic rings. The summed E-state index contributed by atoms with van der Waals surface area (Å²) in [6.45, 7) is 1.87. The lowest BCUT2D eigenvalue weighted by atomic mass is 10.2. The van der Waals surface area contributed by atoms with Crippen LogP contribution in [0.3, 0.4) is 0 Å². The van der Waals surface area contributed by atoms with Crippen LogP contribution < -0.4 is 5.32 Å². The summed E-state index contributed by atoms with van der Waals surface area (Å²) < 4.78 is 5.57. The number of thiophene rings is 1. The minimum atomic E-state index is -0.451. The molecule has 0 spiro atoms. The van der Waals surface area contributed by atoms with Gasteiger partial charge in [0.2, 0.25) is 0 Å². The van der Waals surface area contributed by atoms with Crippen molar-refractivity contribution in [2.24, 2.45) is 0 Å². The van der Waals surface area contributed by atoms with Gasteiger partial charge in [-0.2, -0.15) is 0 Å². The van der Waals surface area contributed by atoms with Crippen LogP contribution in [0.5, 0.6) is 0 Å². The maximum Gasteiger partial charge on any atom is 0.340 e. The molecule has 2 rings (SSSR count). The molecule has 0 aliphatic carbocycles. The molecular weight excluding hydrogens is 389 g/mol. The summed E-state index contributed by atoms with van der Waals surface area (Å²) in [4.78, 5) is 24.8. The van der Waals surface area contributed by atoms with Crippen LogP contribution in [-0.2, 0) is 4.74 Å². The number of methoxy groups -OCH3 is 1. The van der Waals surface area contributed by atoms with Crippen LogP contribution in [0, 0.1) is 10.5 Å². The molecule has 1 aromatic heterocycles. The maximum absolute atomic E-state index is 12.2. The normalized spacial score (nSPS) is 10.2. The number of ether oxygens (including phenoxy) is 1. The molecule has 0 saturated carbocycles. The Hall–Kier alpha value is -1.41. The fourth-order valence-electron chi connectivity index (χ4n) is 1.68. The number of hydrogen-bond acceptors (Lipinski definition) is 4. The van der Waals surface area contributed by atoms with Crippen molar-refractivity contribution in [3.63, 3.8) is 0 Å². The molecule has 0 saturated heterocycles. The van der Waals surface area contributed by atoms with Gasteiger partial charge in [0.1, 0.15) is 5.00 Å². The van der Waals surface area contributed by atoms with E-state index in [1.165, 1.54) is 18.4 Å². The second kappa shape index (κ2) is 6.36. The second-order valence-electron chi connectivity index (χ2n) is 4.03. The highest BCUT2D eigenvalue weighted by Gasteiger charge is 2.18. The smallest absolute Gasteiger partial charge is 0.340 e. The molecule has 1 heterocycles. The lowest BCUT2D eigenvalue weighted by Crippen LogP contribution is -2.14. The minimum absolute atomic E-state index is 0.234. The Labute approximate surface area is 134 Å². The van der Waals surface area contributed by atoms with Crippen LogP contribution in [0.1, 0.15) is 25.6 Å². The molecule has 0 radical (unpaired) electrons. The standard InChI is InChI=1S/C14H12INO3S/c1-8-7-10(14(18)19-2)13(20-8)16-12(17)9-5-3-4-6-11(9)15/h3-7H,1-2H3,(H,16,17). The first kappa shape index (κ1) is 15.0. The number of nitrogens with one attached hydrogen (secondary N) is 1. The van der Waals surface area contributed by atoms with E-state index in [1.807, 2.05) is 19.1 Å². The Morgan fingerprint density at radius 2 is 1.95 bits per heavy atom. The van der Waals surface area contributed by atoms with Crippen LogP contribution in [0.4, 0.5) is 5.00 Å². The van der Waals surface area contributed by atoms with Crippen LogP contribution in [0.15, 0.2) is 30.3 Å². The highest BCUT2D eigenvalue weighted by Crippen LogP contribution is 2.29. The average molecular weight is 401 g/mol. The fourth-order valence-corrected chi connectivity index (χ4v) is 3.21. The molecule has 104 valence electrons. The van der Waals surface area contributed by atoms with Crippen LogP contribution in [0.25, 0.3) is 0 Å². The minimum Gasteiger partial charge on any atom is -0.465 e. The zero-order chi connectivity index (χ0) is 14.7. The van der Waals surface area contributed by atoms with E-state index in [0.29, 0.717) is 16.1 Å². The summed E-state index contributed by atoms with van der Waals surface area (Å²) in [6, 6.07) is 8.99.